The first-order chi connectivity index (χ1) is 7.90. The van der Waals surface area contributed by atoms with Crippen molar-refractivity contribution in [2.75, 3.05) is 20.1 Å². The number of hydrogen-bond acceptors (Lipinski definition) is 2. The van der Waals surface area contributed by atoms with E-state index in [9.17, 15) is 4.79 Å². The molecule has 3 N–H and O–H groups in total. The average molecular weight is 368 g/mol. The Hall–Kier alpha value is -0.530. The minimum absolute atomic E-state index is 0. The van der Waals surface area contributed by atoms with Crippen LogP contribution in [0.3, 0.4) is 0 Å². The number of hydrogen-bond donors (Lipinski definition) is 3. The van der Waals surface area contributed by atoms with Crippen LogP contribution in [0.25, 0.3) is 0 Å². The van der Waals surface area contributed by atoms with Gasteiger partial charge in [-0.15, -0.1) is 24.0 Å². The number of nitrogens with one attached hydrogen (secondary N) is 3. The van der Waals surface area contributed by atoms with Crippen LogP contribution >= 0.6 is 24.0 Å². The second kappa shape index (κ2) is 7.81. The van der Waals surface area contributed by atoms with Gasteiger partial charge in [-0.3, -0.25) is 9.79 Å². The molecule has 0 aliphatic heterocycles. The molecule has 1 rings (SSSR count). The molecule has 0 bridgehead atoms. The lowest BCUT2D eigenvalue weighted by molar-refractivity contribution is -0.121. The molecule has 1 aliphatic rings. The van der Waals surface area contributed by atoms with Crippen LogP contribution in [-0.2, 0) is 4.79 Å². The lowest BCUT2D eigenvalue weighted by Gasteiger charge is -2.21. The second-order valence-corrected chi connectivity index (χ2v) is 5.55. The Bertz CT molecular complexity index is 295. The van der Waals surface area contributed by atoms with E-state index in [1.165, 1.54) is 12.8 Å². The van der Waals surface area contributed by atoms with Crippen molar-refractivity contribution in [3.63, 3.8) is 0 Å². The normalized spacial score (nSPS) is 15.7. The van der Waals surface area contributed by atoms with E-state index >= 15 is 0 Å². The molecule has 1 saturated carbocycles. The van der Waals surface area contributed by atoms with E-state index < -0.39 is 0 Å². The Morgan fingerprint density at radius 3 is 2.33 bits per heavy atom. The van der Waals surface area contributed by atoms with E-state index in [4.69, 9.17) is 0 Å². The van der Waals surface area contributed by atoms with Crippen LogP contribution in [-0.4, -0.2) is 37.5 Å². The second-order valence-electron chi connectivity index (χ2n) is 5.55. The largest absolute Gasteiger partial charge is 0.356 e. The van der Waals surface area contributed by atoms with E-state index in [1.807, 2.05) is 20.8 Å². The minimum Gasteiger partial charge on any atom is -0.356 e. The van der Waals surface area contributed by atoms with Gasteiger partial charge in [-0.25, -0.2) is 0 Å². The SMILES string of the molecule is CN=C(NCC(=O)NC(C)(C)C)NCC1CC1.I. The van der Waals surface area contributed by atoms with Gasteiger partial charge in [0.2, 0.25) is 5.91 Å². The fraction of sp³-hybridized carbons (Fsp3) is 0.833. The van der Waals surface area contributed by atoms with Crippen LogP contribution in [0.15, 0.2) is 4.99 Å². The highest BCUT2D eigenvalue weighted by Crippen LogP contribution is 2.27. The third-order valence-corrected chi connectivity index (χ3v) is 2.41. The van der Waals surface area contributed by atoms with Crippen LogP contribution in [0.4, 0.5) is 0 Å². The van der Waals surface area contributed by atoms with E-state index in [-0.39, 0.29) is 42.0 Å². The molecule has 0 heterocycles. The van der Waals surface area contributed by atoms with E-state index in [1.54, 1.807) is 7.05 Å². The highest BCUT2D eigenvalue weighted by molar-refractivity contribution is 14.0. The molecule has 0 saturated heterocycles. The molecule has 0 radical (unpaired) electrons. The first-order valence-electron chi connectivity index (χ1n) is 6.16. The molecule has 18 heavy (non-hydrogen) atoms. The smallest absolute Gasteiger partial charge is 0.239 e. The number of aliphatic imine (C=N–C) groups is 1. The van der Waals surface area contributed by atoms with Gasteiger partial charge in [0.05, 0.1) is 6.54 Å². The van der Waals surface area contributed by atoms with Crippen molar-refractivity contribution in [1.29, 1.82) is 0 Å². The monoisotopic (exact) mass is 368 g/mol. The molecule has 0 atom stereocenters. The summed E-state index contributed by atoms with van der Waals surface area (Å²) in [5.74, 6) is 1.46. The third kappa shape index (κ3) is 8.54. The number of carbonyl (C=O) groups excluding carboxylic acids is 1. The maximum atomic E-state index is 11.6. The quantitative estimate of drug-likeness (QED) is 0.396. The predicted molar refractivity (Wildman–Crippen MR) is 85.4 cm³/mol. The zero-order chi connectivity index (χ0) is 12.9. The van der Waals surface area contributed by atoms with Crippen LogP contribution in [0, 0.1) is 5.92 Å². The Labute approximate surface area is 127 Å². The van der Waals surface area contributed by atoms with Gasteiger partial charge in [-0.2, -0.15) is 0 Å². The number of rotatable bonds is 4. The highest BCUT2D eigenvalue weighted by Gasteiger charge is 2.21. The lowest BCUT2D eigenvalue weighted by Crippen LogP contribution is -2.48. The van der Waals surface area contributed by atoms with Gasteiger partial charge in [-0.05, 0) is 39.5 Å². The Balaban J connectivity index is 0.00000289. The lowest BCUT2D eigenvalue weighted by atomic mass is 10.1. The van der Waals surface area contributed by atoms with Crippen molar-refractivity contribution < 1.29 is 4.79 Å². The van der Waals surface area contributed by atoms with Gasteiger partial charge < -0.3 is 16.0 Å². The summed E-state index contributed by atoms with van der Waals surface area (Å²) >= 11 is 0. The summed E-state index contributed by atoms with van der Waals surface area (Å²) in [6.07, 6.45) is 2.60. The van der Waals surface area contributed by atoms with E-state index in [0.717, 1.165) is 12.5 Å². The van der Waals surface area contributed by atoms with Crippen molar-refractivity contribution >= 4 is 35.8 Å². The predicted octanol–water partition coefficient (Wildman–Crippen LogP) is 1.09. The number of halogens is 1. The first-order valence-corrected chi connectivity index (χ1v) is 6.16. The fourth-order valence-corrected chi connectivity index (χ4v) is 1.41. The van der Waals surface area contributed by atoms with Gasteiger partial charge >= 0.3 is 0 Å². The molecule has 106 valence electrons. The molecule has 6 heteroatoms. The number of carbonyl (C=O) groups is 1. The Kier molecular flexibility index (Phi) is 7.58. The molecule has 0 unspecified atom stereocenters. The average Bonchev–Trinajstić information content (AvgIpc) is 2.99. The molecule has 0 aromatic heterocycles. The van der Waals surface area contributed by atoms with Crippen LogP contribution in [0.2, 0.25) is 0 Å². The molecule has 0 aromatic rings. The standard InChI is InChI=1S/C12H24N4O.HI/c1-12(2,3)16-10(17)8-15-11(13-4)14-7-9-5-6-9;/h9H,5-8H2,1-4H3,(H,16,17)(H2,13,14,15);1H. The summed E-state index contributed by atoms with van der Waals surface area (Å²) < 4.78 is 0. The van der Waals surface area contributed by atoms with Crippen LogP contribution in [0.5, 0.6) is 0 Å². The van der Waals surface area contributed by atoms with Gasteiger partial charge in [0, 0.05) is 19.1 Å². The number of guanidine groups is 1. The van der Waals surface area contributed by atoms with E-state index in [0.29, 0.717) is 5.96 Å². The highest BCUT2D eigenvalue weighted by atomic mass is 127. The molecule has 1 fully saturated rings. The summed E-state index contributed by atoms with van der Waals surface area (Å²) in [5, 5.41) is 9.10. The fourth-order valence-electron chi connectivity index (χ4n) is 1.41. The molecule has 0 aromatic carbocycles. The maximum absolute atomic E-state index is 11.6. The zero-order valence-electron chi connectivity index (χ0n) is 11.7. The van der Waals surface area contributed by atoms with Crippen molar-refractivity contribution in [1.82, 2.24) is 16.0 Å². The molecule has 1 amide bonds. The van der Waals surface area contributed by atoms with Crippen molar-refractivity contribution in [2.45, 2.75) is 39.2 Å². The van der Waals surface area contributed by atoms with Crippen molar-refractivity contribution in [3.8, 4) is 0 Å². The van der Waals surface area contributed by atoms with Crippen LogP contribution in [0.1, 0.15) is 33.6 Å². The van der Waals surface area contributed by atoms with Crippen molar-refractivity contribution in [2.24, 2.45) is 10.9 Å². The molecular formula is C12H25IN4O. The third-order valence-electron chi connectivity index (χ3n) is 2.41. The Morgan fingerprint density at radius 2 is 1.89 bits per heavy atom. The van der Waals surface area contributed by atoms with Gasteiger partial charge in [0.1, 0.15) is 0 Å². The summed E-state index contributed by atoms with van der Waals surface area (Å²) in [6.45, 7) is 7.09. The van der Waals surface area contributed by atoms with Crippen LogP contribution < -0.4 is 16.0 Å². The maximum Gasteiger partial charge on any atom is 0.239 e. The van der Waals surface area contributed by atoms with Gasteiger partial charge in [0.15, 0.2) is 5.96 Å². The summed E-state index contributed by atoms with van der Waals surface area (Å²) in [5.41, 5.74) is -0.191. The summed E-state index contributed by atoms with van der Waals surface area (Å²) in [4.78, 5) is 15.6. The Morgan fingerprint density at radius 1 is 1.28 bits per heavy atom. The van der Waals surface area contributed by atoms with E-state index in [2.05, 4.69) is 20.9 Å². The van der Waals surface area contributed by atoms with Gasteiger partial charge in [0.25, 0.3) is 0 Å². The first kappa shape index (κ1) is 17.5. The molecule has 1 aliphatic carbocycles. The molecule has 5 nitrogen and oxygen atoms in total. The zero-order valence-corrected chi connectivity index (χ0v) is 14.0. The number of amides is 1. The summed E-state index contributed by atoms with van der Waals surface area (Å²) in [6, 6.07) is 0. The minimum atomic E-state index is -0.191. The number of nitrogens with zero attached hydrogens (tertiary/aromatic N) is 1. The summed E-state index contributed by atoms with van der Waals surface area (Å²) in [7, 11) is 1.71. The molecule has 0 spiro atoms. The topological polar surface area (TPSA) is 65.5 Å². The molecular weight excluding hydrogens is 343 g/mol. The van der Waals surface area contributed by atoms with Gasteiger partial charge in [-0.1, -0.05) is 0 Å². The van der Waals surface area contributed by atoms with Crippen molar-refractivity contribution in [3.05, 3.63) is 0 Å².